The Morgan fingerprint density at radius 3 is 1.95 bits per heavy atom. The van der Waals surface area contributed by atoms with Crippen molar-refractivity contribution in [2.24, 2.45) is 29.1 Å². The van der Waals surface area contributed by atoms with Gasteiger partial charge >= 0.3 is 0 Å². The summed E-state index contributed by atoms with van der Waals surface area (Å²) in [4.78, 5) is 2.86. The molecule has 1 heteroatoms. The molecule has 0 amide bonds. The van der Waals surface area contributed by atoms with Crippen LogP contribution in [0.15, 0.2) is 0 Å². The first-order valence-corrected chi connectivity index (χ1v) is 9.97. The number of rotatable bonds is 5. The molecule has 5 aliphatic rings. The highest BCUT2D eigenvalue weighted by atomic mass is 15.1. The summed E-state index contributed by atoms with van der Waals surface area (Å²) >= 11 is 0. The van der Waals surface area contributed by atoms with Gasteiger partial charge in [-0.05, 0) is 87.0 Å². The first kappa shape index (κ1) is 14.5. The predicted molar refractivity (Wildman–Crippen MR) is 89.3 cm³/mol. The van der Waals surface area contributed by atoms with Crippen molar-refractivity contribution in [2.75, 3.05) is 19.6 Å². The Balaban J connectivity index is 1.39. The molecule has 0 heterocycles. The zero-order chi connectivity index (χ0) is 14.3. The lowest BCUT2D eigenvalue weighted by Gasteiger charge is -2.58. The fourth-order valence-corrected chi connectivity index (χ4v) is 7.00. The van der Waals surface area contributed by atoms with E-state index in [1.807, 2.05) is 0 Å². The smallest absolute Gasteiger partial charge is 0.00383 e. The summed E-state index contributed by atoms with van der Waals surface area (Å²) in [6.07, 6.45) is 17.0. The van der Waals surface area contributed by atoms with Crippen LogP contribution in [-0.2, 0) is 0 Å². The molecular weight excluding hydrogens is 254 g/mol. The van der Waals surface area contributed by atoms with Gasteiger partial charge in [-0.1, -0.05) is 26.2 Å². The molecule has 0 aliphatic heterocycles. The van der Waals surface area contributed by atoms with Crippen molar-refractivity contribution in [3.8, 4) is 0 Å². The van der Waals surface area contributed by atoms with Crippen molar-refractivity contribution < 1.29 is 0 Å². The summed E-state index contributed by atoms with van der Waals surface area (Å²) in [7, 11) is 0. The molecular formula is C20H35N. The van der Waals surface area contributed by atoms with Crippen molar-refractivity contribution >= 4 is 0 Å². The van der Waals surface area contributed by atoms with Gasteiger partial charge in [-0.2, -0.15) is 0 Å². The van der Waals surface area contributed by atoms with Gasteiger partial charge in [0.05, 0.1) is 0 Å². The van der Waals surface area contributed by atoms with E-state index >= 15 is 0 Å². The molecule has 0 aromatic heterocycles. The van der Waals surface area contributed by atoms with Crippen LogP contribution in [0.4, 0.5) is 0 Å². The zero-order valence-corrected chi connectivity index (χ0v) is 14.2. The van der Waals surface area contributed by atoms with Crippen LogP contribution in [0.25, 0.3) is 0 Å². The van der Waals surface area contributed by atoms with E-state index < -0.39 is 0 Å². The van der Waals surface area contributed by atoms with Crippen molar-refractivity contribution in [2.45, 2.75) is 77.6 Å². The Morgan fingerprint density at radius 2 is 1.43 bits per heavy atom. The summed E-state index contributed by atoms with van der Waals surface area (Å²) in [5.74, 6) is 4.37. The van der Waals surface area contributed by atoms with E-state index in [-0.39, 0.29) is 0 Å². The van der Waals surface area contributed by atoms with E-state index in [4.69, 9.17) is 0 Å². The summed E-state index contributed by atoms with van der Waals surface area (Å²) in [5.41, 5.74) is 0.749. The van der Waals surface area contributed by atoms with Gasteiger partial charge in [-0.3, -0.25) is 0 Å². The topological polar surface area (TPSA) is 3.24 Å². The Morgan fingerprint density at radius 1 is 0.857 bits per heavy atom. The molecule has 4 bridgehead atoms. The van der Waals surface area contributed by atoms with E-state index in [0.29, 0.717) is 0 Å². The summed E-state index contributed by atoms with van der Waals surface area (Å²) in [6.45, 7) is 6.56. The molecule has 0 N–H and O–H groups in total. The molecule has 5 saturated carbocycles. The minimum Gasteiger partial charge on any atom is -0.303 e. The van der Waals surface area contributed by atoms with Gasteiger partial charge in [0.2, 0.25) is 0 Å². The molecule has 21 heavy (non-hydrogen) atoms. The number of hydrogen-bond acceptors (Lipinski definition) is 1. The fourth-order valence-electron chi connectivity index (χ4n) is 7.00. The SMILES string of the molecule is CCN(CC1CCCCC1)CC12CC3CC(CC(C3)C1)C2. The average molecular weight is 290 g/mol. The summed E-state index contributed by atoms with van der Waals surface area (Å²) < 4.78 is 0. The first-order valence-electron chi connectivity index (χ1n) is 9.97. The van der Waals surface area contributed by atoms with Crippen molar-refractivity contribution in [3.63, 3.8) is 0 Å². The third-order valence-electron chi connectivity index (χ3n) is 7.41. The summed E-state index contributed by atoms with van der Waals surface area (Å²) in [6, 6.07) is 0. The number of hydrogen-bond donors (Lipinski definition) is 0. The standard InChI is InChI=1S/C20H35N/c1-2-21(14-16-6-4-3-5-7-16)15-20-11-17-8-18(12-20)10-19(9-17)13-20/h16-19H,2-15H2,1H3. The van der Waals surface area contributed by atoms with Crippen LogP contribution >= 0.6 is 0 Å². The normalized spacial score (nSPS) is 42.9. The quantitative estimate of drug-likeness (QED) is 0.680. The average Bonchev–Trinajstić information content (AvgIpc) is 2.46. The lowest BCUT2D eigenvalue weighted by molar-refractivity contribution is -0.0704. The number of nitrogens with zero attached hydrogens (tertiary/aromatic N) is 1. The van der Waals surface area contributed by atoms with Gasteiger partial charge < -0.3 is 4.90 Å². The second-order valence-electron chi connectivity index (χ2n) is 9.25. The molecule has 0 unspecified atom stereocenters. The molecule has 0 aromatic rings. The van der Waals surface area contributed by atoms with Crippen molar-refractivity contribution in [3.05, 3.63) is 0 Å². The lowest BCUT2D eigenvalue weighted by atomic mass is 9.49. The molecule has 0 aromatic carbocycles. The third kappa shape index (κ3) is 3.05. The van der Waals surface area contributed by atoms with Gasteiger partial charge in [0.1, 0.15) is 0 Å². The van der Waals surface area contributed by atoms with Gasteiger partial charge in [0.15, 0.2) is 0 Å². The molecule has 0 radical (unpaired) electrons. The maximum atomic E-state index is 2.86. The lowest BCUT2D eigenvalue weighted by Crippen LogP contribution is -2.51. The van der Waals surface area contributed by atoms with Crippen LogP contribution in [0.1, 0.15) is 77.6 Å². The first-order chi connectivity index (χ1) is 10.2. The molecule has 5 aliphatic carbocycles. The fraction of sp³-hybridized carbons (Fsp3) is 1.00. The van der Waals surface area contributed by atoms with Crippen LogP contribution in [0.2, 0.25) is 0 Å². The second kappa shape index (κ2) is 5.87. The highest BCUT2D eigenvalue weighted by molar-refractivity contribution is 5.02. The van der Waals surface area contributed by atoms with Gasteiger partial charge in [0, 0.05) is 13.1 Å². The highest BCUT2D eigenvalue weighted by Crippen LogP contribution is 2.60. The monoisotopic (exact) mass is 289 g/mol. The minimum atomic E-state index is 0.749. The molecule has 1 nitrogen and oxygen atoms in total. The molecule has 5 rings (SSSR count). The van der Waals surface area contributed by atoms with E-state index in [1.165, 1.54) is 51.7 Å². The predicted octanol–water partition coefficient (Wildman–Crippen LogP) is 5.11. The van der Waals surface area contributed by atoms with E-state index in [2.05, 4.69) is 11.8 Å². The van der Waals surface area contributed by atoms with Crippen LogP contribution in [0.3, 0.4) is 0 Å². The Kier molecular flexibility index (Phi) is 4.07. The van der Waals surface area contributed by atoms with E-state index in [0.717, 1.165) is 29.1 Å². The van der Waals surface area contributed by atoms with Crippen LogP contribution in [-0.4, -0.2) is 24.5 Å². The minimum absolute atomic E-state index is 0.749. The van der Waals surface area contributed by atoms with Crippen molar-refractivity contribution in [1.29, 1.82) is 0 Å². The van der Waals surface area contributed by atoms with Gasteiger partial charge in [0.25, 0.3) is 0 Å². The third-order valence-corrected chi connectivity index (χ3v) is 7.41. The van der Waals surface area contributed by atoms with Crippen molar-refractivity contribution in [1.82, 2.24) is 4.90 Å². The van der Waals surface area contributed by atoms with E-state index in [1.54, 1.807) is 38.5 Å². The van der Waals surface area contributed by atoms with Crippen LogP contribution in [0.5, 0.6) is 0 Å². The largest absolute Gasteiger partial charge is 0.303 e. The van der Waals surface area contributed by atoms with E-state index in [9.17, 15) is 0 Å². The second-order valence-corrected chi connectivity index (χ2v) is 9.25. The Bertz CT molecular complexity index is 320. The Hall–Kier alpha value is -0.0400. The molecule has 0 saturated heterocycles. The molecule has 0 spiro atoms. The summed E-state index contributed by atoms with van der Waals surface area (Å²) in [5, 5.41) is 0. The maximum absolute atomic E-state index is 2.86. The molecule has 120 valence electrons. The Labute approximate surface area is 131 Å². The molecule has 5 fully saturated rings. The zero-order valence-electron chi connectivity index (χ0n) is 14.2. The van der Waals surface area contributed by atoms with Crippen LogP contribution < -0.4 is 0 Å². The van der Waals surface area contributed by atoms with Gasteiger partial charge in [-0.25, -0.2) is 0 Å². The molecule has 0 atom stereocenters. The highest BCUT2D eigenvalue weighted by Gasteiger charge is 2.51. The van der Waals surface area contributed by atoms with Crippen LogP contribution in [0, 0.1) is 29.1 Å². The maximum Gasteiger partial charge on any atom is 0.00383 e. The van der Waals surface area contributed by atoms with Gasteiger partial charge in [-0.15, -0.1) is 0 Å².